The van der Waals surface area contributed by atoms with E-state index in [1.165, 1.54) is 6.07 Å². The number of carbonyl (C=O) groups is 2. The highest BCUT2D eigenvalue weighted by Crippen LogP contribution is 2.41. The van der Waals surface area contributed by atoms with Crippen molar-refractivity contribution in [3.8, 4) is 11.5 Å². The molecule has 3 aromatic rings. The van der Waals surface area contributed by atoms with E-state index in [2.05, 4.69) is 35.1 Å². The lowest BCUT2D eigenvalue weighted by molar-refractivity contribution is -0.286. The van der Waals surface area contributed by atoms with Gasteiger partial charge in [0, 0.05) is 38.4 Å². The summed E-state index contributed by atoms with van der Waals surface area (Å²) in [6, 6.07) is 9.94. The fourth-order valence-electron chi connectivity index (χ4n) is 3.58. The van der Waals surface area contributed by atoms with Crippen molar-refractivity contribution in [3.05, 3.63) is 42.0 Å². The number of aliphatic carboxylic acids is 1. The van der Waals surface area contributed by atoms with Gasteiger partial charge in [-0.05, 0) is 35.9 Å². The molecule has 2 aliphatic heterocycles. The van der Waals surface area contributed by atoms with Gasteiger partial charge < -0.3 is 24.8 Å². The van der Waals surface area contributed by atoms with Gasteiger partial charge in [-0.15, -0.1) is 8.78 Å². The van der Waals surface area contributed by atoms with Gasteiger partial charge in [-0.25, -0.2) is 9.59 Å². The van der Waals surface area contributed by atoms with E-state index < -0.39 is 18.4 Å². The zero-order chi connectivity index (χ0) is 26.8. The first kappa shape index (κ1) is 25.9. The molecule has 0 saturated carbocycles. The number of aromatic amines is 1. The third kappa shape index (κ3) is 6.52. The largest absolute Gasteiger partial charge is 0.586 e. The predicted molar refractivity (Wildman–Crippen MR) is 116 cm³/mol. The first-order valence-electron chi connectivity index (χ1n) is 10.7. The van der Waals surface area contributed by atoms with Crippen LogP contribution < -0.4 is 14.8 Å². The number of halogens is 5. The lowest BCUT2D eigenvalue weighted by Gasteiger charge is -2.34. The van der Waals surface area contributed by atoms with Crippen LogP contribution in [0.3, 0.4) is 0 Å². The highest BCUT2D eigenvalue weighted by Gasteiger charge is 2.43. The van der Waals surface area contributed by atoms with Crippen LogP contribution in [0.2, 0.25) is 0 Å². The monoisotopic (exact) mass is 530 g/mol. The molecule has 2 aliphatic rings. The number of aromatic nitrogens is 3. The molecule has 0 bridgehead atoms. The summed E-state index contributed by atoms with van der Waals surface area (Å²) in [5.41, 5.74) is 2.91. The number of fused-ring (bicyclic) bond motifs is 2. The van der Waals surface area contributed by atoms with E-state index in [0.717, 1.165) is 11.1 Å². The van der Waals surface area contributed by atoms with E-state index >= 15 is 0 Å². The first-order chi connectivity index (χ1) is 17.4. The summed E-state index contributed by atoms with van der Waals surface area (Å²) in [6.45, 7) is 3.02. The molecule has 2 amide bonds. The number of piperazine rings is 1. The van der Waals surface area contributed by atoms with Crippen LogP contribution in [0.15, 0.2) is 36.4 Å². The van der Waals surface area contributed by atoms with Crippen molar-refractivity contribution < 1.29 is 46.1 Å². The van der Waals surface area contributed by atoms with Gasteiger partial charge in [0.1, 0.15) is 11.0 Å². The molecule has 1 saturated heterocycles. The van der Waals surface area contributed by atoms with Crippen LogP contribution in [-0.4, -0.2) is 81.0 Å². The summed E-state index contributed by atoms with van der Waals surface area (Å²) < 4.78 is 67.0. The maximum absolute atomic E-state index is 13.2. The Labute approximate surface area is 204 Å². The standard InChI is InChI=1S/C19H18F2N6O3.C2HF3O2/c20-19(21)29-16-4-1-12(9-17(16)30-19)11-26-5-7-27(8-6-26)18(28)22-13-2-3-14-15(10-13)24-25-23-14;3-2(4,5)1(6)7/h1-4,9-10H,5-8,11H2,(H,22,28)(H,23,24,25);(H,6,7). The number of anilines is 1. The highest BCUT2D eigenvalue weighted by atomic mass is 19.4. The van der Waals surface area contributed by atoms with Crippen molar-refractivity contribution in [2.45, 2.75) is 19.0 Å². The van der Waals surface area contributed by atoms with Crippen molar-refractivity contribution in [3.63, 3.8) is 0 Å². The lowest BCUT2D eigenvalue weighted by atomic mass is 10.1. The Kier molecular flexibility index (Phi) is 7.02. The number of hydrogen-bond donors (Lipinski definition) is 3. The number of carbonyl (C=O) groups excluding carboxylic acids is 1. The fourth-order valence-corrected chi connectivity index (χ4v) is 3.58. The Morgan fingerprint density at radius 3 is 2.32 bits per heavy atom. The van der Waals surface area contributed by atoms with Crippen LogP contribution in [0.5, 0.6) is 11.5 Å². The SMILES string of the molecule is O=C(Nc1ccc2n[nH]nc2c1)N1CCN(Cc2ccc3c(c2)OC(F)(F)O3)CC1.O=C(O)C(F)(F)F. The zero-order valence-electron chi connectivity index (χ0n) is 18.8. The molecular weight excluding hydrogens is 511 g/mol. The van der Waals surface area contributed by atoms with Gasteiger partial charge in [0.25, 0.3) is 0 Å². The van der Waals surface area contributed by atoms with Gasteiger partial charge in [-0.3, -0.25) is 4.90 Å². The molecule has 1 fully saturated rings. The highest BCUT2D eigenvalue weighted by molar-refractivity contribution is 5.91. The molecule has 5 rings (SSSR count). The smallest absolute Gasteiger partial charge is 0.475 e. The quantitative estimate of drug-likeness (QED) is 0.440. The second-order valence-electron chi connectivity index (χ2n) is 7.97. The van der Waals surface area contributed by atoms with Crippen LogP contribution in [0.1, 0.15) is 5.56 Å². The minimum Gasteiger partial charge on any atom is -0.475 e. The third-order valence-electron chi connectivity index (χ3n) is 5.34. The summed E-state index contributed by atoms with van der Waals surface area (Å²) in [5, 5.41) is 20.5. The molecule has 0 spiro atoms. The number of H-pyrrole nitrogens is 1. The number of hydrogen-bond acceptors (Lipinski definition) is 7. The predicted octanol–water partition coefficient (Wildman–Crippen LogP) is 3.26. The average molecular weight is 530 g/mol. The number of benzene rings is 2. The van der Waals surface area contributed by atoms with Crippen LogP contribution in [0.4, 0.5) is 32.4 Å². The fraction of sp³-hybridized carbons (Fsp3) is 0.333. The van der Waals surface area contributed by atoms with Gasteiger partial charge in [0.05, 0.1) is 0 Å². The van der Waals surface area contributed by atoms with Gasteiger partial charge >= 0.3 is 24.5 Å². The van der Waals surface area contributed by atoms with Crippen molar-refractivity contribution in [1.29, 1.82) is 0 Å². The first-order valence-corrected chi connectivity index (χ1v) is 10.7. The summed E-state index contributed by atoms with van der Waals surface area (Å²) in [6.07, 6.45) is -8.70. The Bertz CT molecular complexity index is 1290. The van der Waals surface area contributed by atoms with Crippen LogP contribution >= 0.6 is 0 Å². The topological polar surface area (TPSA) is 133 Å². The molecule has 1 aromatic heterocycles. The third-order valence-corrected chi connectivity index (χ3v) is 5.34. The summed E-state index contributed by atoms with van der Waals surface area (Å²) in [4.78, 5) is 25.3. The molecule has 11 nitrogen and oxygen atoms in total. The molecule has 0 atom stereocenters. The van der Waals surface area contributed by atoms with Gasteiger partial charge in [-0.2, -0.15) is 28.6 Å². The normalized spacial score (nSPS) is 16.7. The zero-order valence-corrected chi connectivity index (χ0v) is 18.8. The van der Waals surface area contributed by atoms with E-state index in [0.29, 0.717) is 43.9 Å². The Balaban J connectivity index is 0.000000405. The van der Waals surface area contributed by atoms with E-state index in [4.69, 9.17) is 9.90 Å². The van der Waals surface area contributed by atoms with Crippen molar-refractivity contribution in [2.24, 2.45) is 0 Å². The summed E-state index contributed by atoms with van der Waals surface area (Å²) in [7, 11) is 0. The van der Waals surface area contributed by atoms with E-state index in [1.54, 1.807) is 35.2 Å². The average Bonchev–Trinajstić information content (AvgIpc) is 3.41. The minimum atomic E-state index is -5.08. The molecule has 0 unspecified atom stereocenters. The number of ether oxygens (including phenoxy) is 2. The molecular formula is C21H19F5N6O5. The number of carboxylic acid groups (broad SMARTS) is 1. The number of urea groups is 1. The Morgan fingerprint density at radius 1 is 1.00 bits per heavy atom. The van der Waals surface area contributed by atoms with Crippen LogP contribution in [0.25, 0.3) is 11.0 Å². The van der Waals surface area contributed by atoms with Gasteiger partial charge in [0.2, 0.25) is 0 Å². The molecule has 2 aromatic carbocycles. The van der Waals surface area contributed by atoms with Crippen molar-refractivity contribution >= 4 is 28.7 Å². The summed E-state index contributed by atoms with van der Waals surface area (Å²) >= 11 is 0. The lowest BCUT2D eigenvalue weighted by Crippen LogP contribution is -2.49. The molecule has 0 radical (unpaired) electrons. The molecule has 3 heterocycles. The van der Waals surface area contributed by atoms with E-state index in [1.807, 2.05) is 0 Å². The number of nitrogens with zero attached hydrogens (tertiary/aromatic N) is 4. The molecule has 198 valence electrons. The second kappa shape index (κ2) is 10.0. The minimum absolute atomic E-state index is 0.0362. The maximum Gasteiger partial charge on any atom is 0.586 e. The number of nitrogens with one attached hydrogen (secondary N) is 2. The number of rotatable bonds is 3. The summed E-state index contributed by atoms with van der Waals surface area (Å²) in [5.74, 6) is -2.68. The number of carboxylic acids is 1. The maximum atomic E-state index is 13.2. The molecule has 16 heteroatoms. The van der Waals surface area contributed by atoms with Gasteiger partial charge in [-0.1, -0.05) is 6.07 Å². The van der Waals surface area contributed by atoms with E-state index in [-0.39, 0.29) is 17.5 Å². The Morgan fingerprint density at radius 2 is 1.65 bits per heavy atom. The van der Waals surface area contributed by atoms with Crippen molar-refractivity contribution in [2.75, 3.05) is 31.5 Å². The molecule has 3 N–H and O–H groups in total. The number of amides is 2. The number of alkyl halides is 5. The Hall–Kier alpha value is -4.21. The van der Waals surface area contributed by atoms with Crippen molar-refractivity contribution in [1.82, 2.24) is 25.2 Å². The molecule has 37 heavy (non-hydrogen) atoms. The van der Waals surface area contributed by atoms with Gasteiger partial charge in [0.15, 0.2) is 11.5 Å². The molecule has 0 aliphatic carbocycles. The van der Waals surface area contributed by atoms with Crippen LogP contribution in [0, 0.1) is 0 Å². The second-order valence-corrected chi connectivity index (χ2v) is 7.97. The van der Waals surface area contributed by atoms with E-state index in [9.17, 15) is 26.7 Å². The van der Waals surface area contributed by atoms with Crippen LogP contribution in [-0.2, 0) is 11.3 Å².